The molecule has 0 radical (unpaired) electrons. The van der Waals surface area contributed by atoms with Crippen LogP contribution < -0.4 is 4.90 Å². The van der Waals surface area contributed by atoms with Crippen molar-refractivity contribution in [1.29, 1.82) is 0 Å². The molecule has 282 valence electrons. The second-order valence-electron chi connectivity index (χ2n) is 14.8. The third kappa shape index (κ3) is 6.45. The first kappa shape index (κ1) is 35.0. The summed E-state index contributed by atoms with van der Waals surface area (Å²) in [4.78, 5) is 17.4. The minimum Gasteiger partial charge on any atom is -0.455 e. The van der Waals surface area contributed by atoms with Gasteiger partial charge in [0.25, 0.3) is 0 Å². The van der Waals surface area contributed by atoms with E-state index in [2.05, 4.69) is 157 Å². The van der Waals surface area contributed by atoms with E-state index in [1.165, 1.54) is 11.1 Å². The van der Waals surface area contributed by atoms with Gasteiger partial charge in [-0.2, -0.15) is 0 Å². The zero-order chi connectivity index (χ0) is 39.8. The van der Waals surface area contributed by atoms with Crippen molar-refractivity contribution in [2.24, 2.45) is 0 Å². The Morgan fingerprint density at radius 3 is 1.32 bits per heavy atom. The molecule has 0 saturated carbocycles. The van der Waals surface area contributed by atoms with Crippen LogP contribution in [0.4, 0.5) is 17.1 Å². The maximum absolute atomic E-state index is 6.76. The first-order valence-corrected chi connectivity index (χ1v) is 20.1. The fraction of sp³-hybridized carbons (Fsp3) is 0. The smallest absolute Gasteiger partial charge is 0.164 e. The van der Waals surface area contributed by atoms with Crippen LogP contribution in [0.15, 0.2) is 223 Å². The number of hydrogen-bond donors (Lipinski definition) is 0. The number of hydrogen-bond acceptors (Lipinski definition) is 5. The van der Waals surface area contributed by atoms with Gasteiger partial charge in [-0.05, 0) is 82.2 Å². The van der Waals surface area contributed by atoms with Gasteiger partial charge in [0.2, 0.25) is 0 Å². The first-order chi connectivity index (χ1) is 29.7. The molecule has 5 heteroatoms. The van der Waals surface area contributed by atoms with Crippen LogP contribution in [0, 0.1) is 0 Å². The van der Waals surface area contributed by atoms with Gasteiger partial charge in [0, 0.05) is 49.9 Å². The fourth-order valence-electron chi connectivity index (χ4n) is 8.15. The van der Waals surface area contributed by atoms with Gasteiger partial charge >= 0.3 is 0 Å². The number of nitrogens with zero attached hydrogens (tertiary/aromatic N) is 4. The fourth-order valence-corrected chi connectivity index (χ4v) is 8.15. The van der Waals surface area contributed by atoms with Crippen LogP contribution in [0.3, 0.4) is 0 Å². The van der Waals surface area contributed by atoms with Crippen molar-refractivity contribution < 1.29 is 4.42 Å². The summed E-state index contributed by atoms with van der Waals surface area (Å²) in [6.45, 7) is 0. The summed E-state index contributed by atoms with van der Waals surface area (Å²) < 4.78 is 6.76. The van der Waals surface area contributed by atoms with Gasteiger partial charge in [-0.1, -0.05) is 164 Å². The second-order valence-corrected chi connectivity index (χ2v) is 14.8. The Balaban J connectivity index is 0.984. The second kappa shape index (κ2) is 15.0. The van der Waals surface area contributed by atoms with E-state index in [4.69, 9.17) is 19.4 Å². The summed E-state index contributed by atoms with van der Waals surface area (Å²) in [6, 6.07) is 75.8. The largest absolute Gasteiger partial charge is 0.455 e. The van der Waals surface area contributed by atoms with E-state index in [1.54, 1.807) is 0 Å². The standard InChI is InChI=1S/C55H36N4O/c1-5-15-37(16-6-1)38-25-30-44(31-26-38)59(43-21-11-4-12-22-43)45-32-27-39(28-33-45)42-29-34-47-49-36-50(46-23-13-14-24-48(46)52(49)60-51(47)35-42)55-57-53(40-17-7-2-8-18-40)56-54(58-55)41-19-9-3-10-20-41/h1-36H. The molecular formula is C55H36N4O. The minimum atomic E-state index is 0.614. The van der Waals surface area contributed by atoms with E-state index in [0.717, 1.165) is 77.6 Å². The molecule has 0 saturated heterocycles. The number of anilines is 3. The summed E-state index contributed by atoms with van der Waals surface area (Å²) in [7, 11) is 0. The summed E-state index contributed by atoms with van der Waals surface area (Å²) in [6.07, 6.45) is 0. The third-order valence-electron chi connectivity index (χ3n) is 11.1. The zero-order valence-electron chi connectivity index (χ0n) is 32.5. The number of aromatic nitrogens is 3. The molecule has 0 aliphatic rings. The highest BCUT2D eigenvalue weighted by Crippen LogP contribution is 2.42. The topological polar surface area (TPSA) is 55.1 Å². The van der Waals surface area contributed by atoms with Gasteiger partial charge in [-0.15, -0.1) is 0 Å². The molecular weight excluding hydrogens is 733 g/mol. The normalized spacial score (nSPS) is 11.3. The van der Waals surface area contributed by atoms with E-state index >= 15 is 0 Å². The summed E-state index contributed by atoms with van der Waals surface area (Å²) >= 11 is 0. The molecule has 0 spiro atoms. The zero-order valence-corrected chi connectivity index (χ0v) is 32.5. The Morgan fingerprint density at radius 2 is 0.733 bits per heavy atom. The molecule has 9 aromatic carbocycles. The van der Waals surface area contributed by atoms with Crippen molar-refractivity contribution in [2.75, 3.05) is 4.90 Å². The van der Waals surface area contributed by atoms with Crippen LogP contribution in [0.2, 0.25) is 0 Å². The van der Waals surface area contributed by atoms with E-state index < -0.39 is 0 Å². The molecule has 2 heterocycles. The predicted molar refractivity (Wildman–Crippen MR) is 246 cm³/mol. The molecule has 0 bridgehead atoms. The summed E-state index contributed by atoms with van der Waals surface area (Å²) in [5, 5.41) is 4.07. The molecule has 0 fully saturated rings. The van der Waals surface area contributed by atoms with E-state index in [9.17, 15) is 0 Å². The average Bonchev–Trinajstić information content (AvgIpc) is 3.71. The monoisotopic (exact) mass is 768 g/mol. The van der Waals surface area contributed by atoms with Gasteiger partial charge in [0.15, 0.2) is 17.5 Å². The number of fused-ring (bicyclic) bond motifs is 5. The quantitative estimate of drug-likeness (QED) is 0.154. The van der Waals surface area contributed by atoms with Crippen LogP contribution in [0.1, 0.15) is 0 Å². The molecule has 0 aliphatic carbocycles. The van der Waals surface area contributed by atoms with E-state index in [1.807, 2.05) is 66.7 Å². The van der Waals surface area contributed by atoms with Gasteiger partial charge < -0.3 is 9.32 Å². The van der Waals surface area contributed by atoms with Crippen molar-refractivity contribution in [1.82, 2.24) is 15.0 Å². The lowest BCUT2D eigenvalue weighted by Gasteiger charge is -2.26. The maximum Gasteiger partial charge on any atom is 0.164 e. The molecule has 0 atom stereocenters. The SMILES string of the molecule is c1ccc(-c2ccc(N(c3ccccc3)c3ccc(-c4ccc5c(c4)oc4c6ccccc6c(-c6nc(-c7ccccc7)nc(-c7ccccc7)n6)cc54)cc3)cc2)cc1. The molecule has 11 aromatic rings. The predicted octanol–water partition coefficient (Wildman–Crippen LogP) is 14.7. The van der Waals surface area contributed by atoms with Crippen LogP contribution in [-0.4, -0.2) is 15.0 Å². The lowest BCUT2D eigenvalue weighted by molar-refractivity contribution is 0.673. The van der Waals surface area contributed by atoms with E-state index in [-0.39, 0.29) is 0 Å². The highest BCUT2D eigenvalue weighted by molar-refractivity contribution is 6.19. The molecule has 2 aromatic heterocycles. The molecule has 0 aliphatic heterocycles. The molecule has 60 heavy (non-hydrogen) atoms. The van der Waals surface area contributed by atoms with Gasteiger partial charge in [0.1, 0.15) is 11.2 Å². The van der Waals surface area contributed by atoms with Crippen molar-refractivity contribution in [3.63, 3.8) is 0 Å². The molecule has 11 rings (SSSR count). The van der Waals surface area contributed by atoms with Gasteiger partial charge in [-0.3, -0.25) is 0 Å². The van der Waals surface area contributed by atoms with Crippen molar-refractivity contribution in [2.45, 2.75) is 0 Å². The van der Waals surface area contributed by atoms with Crippen molar-refractivity contribution in [3.05, 3.63) is 218 Å². The van der Waals surface area contributed by atoms with Gasteiger partial charge in [-0.25, -0.2) is 15.0 Å². The highest BCUT2D eigenvalue weighted by Gasteiger charge is 2.20. The number of furan rings is 1. The Morgan fingerprint density at radius 1 is 0.300 bits per heavy atom. The molecule has 0 N–H and O–H groups in total. The molecule has 0 amide bonds. The molecule has 5 nitrogen and oxygen atoms in total. The van der Waals surface area contributed by atoms with E-state index in [0.29, 0.717) is 17.5 Å². The maximum atomic E-state index is 6.76. The molecule has 0 unspecified atom stereocenters. The Kier molecular flexibility index (Phi) is 8.75. The third-order valence-corrected chi connectivity index (χ3v) is 11.1. The first-order valence-electron chi connectivity index (χ1n) is 20.1. The Hall–Kier alpha value is -8.15. The number of rotatable bonds is 8. The number of benzene rings is 9. The van der Waals surface area contributed by atoms with Crippen molar-refractivity contribution in [3.8, 4) is 56.4 Å². The minimum absolute atomic E-state index is 0.614. The van der Waals surface area contributed by atoms with Crippen LogP contribution in [0.5, 0.6) is 0 Å². The van der Waals surface area contributed by atoms with Gasteiger partial charge in [0.05, 0.1) is 0 Å². The Labute approximate surface area is 347 Å². The lowest BCUT2D eigenvalue weighted by atomic mass is 9.98. The van der Waals surface area contributed by atoms with Crippen LogP contribution >= 0.6 is 0 Å². The van der Waals surface area contributed by atoms with Crippen LogP contribution in [-0.2, 0) is 0 Å². The average molecular weight is 769 g/mol. The lowest BCUT2D eigenvalue weighted by Crippen LogP contribution is -2.09. The highest BCUT2D eigenvalue weighted by atomic mass is 16.3. The summed E-state index contributed by atoms with van der Waals surface area (Å²) in [5.41, 5.74) is 12.3. The Bertz CT molecular complexity index is 3220. The summed E-state index contributed by atoms with van der Waals surface area (Å²) in [5.74, 6) is 1.87. The number of para-hydroxylation sites is 1. The van der Waals surface area contributed by atoms with Crippen molar-refractivity contribution >= 4 is 49.8 Å². The van der Waals surface area contributed by atoms with Crippen LogP contribution in [0.25, 0.3) is 89.1 Å².